The molecule has 0 amide bonds. The molecule has 3 aromatic heterocycles. The summed E-state index contributed by atoms with van der Waals surface area (Å²) in [6.45, 7) is 0. The lowest BCUT2D eigenvalue weighted by Crippen LogP contribution is -1.96. The van der Waals surface area contributed by atoms with E-state index >= 15 is 0 Å². The summed E-state index contributed by atoms with van der Waals surface area (Å²) in [5.41, 5.74) is 14.0. The van der Waals surface area contributed by atoms with E-state index in [4.69, 9.17) is 19.4 Å². The second-order valence-corrected chi connectivity index (χ2v) is 14.4. The van der Waals surface area contributed by atoms with Gasteiger partial charge in [-0.05, 0) is 58.7 Å². The number of benzene rings is 8. The quantitative estimate of drug-likeness (QED) is 0.160. The van der Waals surface area contributed by atoms with Gasteiger partial charge in [0.05, 0.1) is 22.6 Å². The Bertz CT molecular complexity index is 3150. The summed E-state index contributed by atoms with van der Waals surface area (Å²) in [4.78, 5) is 15.6. The Labute approximate surface area is 329 Å². The van der Waals surface area contributed by atoms with Gasteiger partial charge in [0.1, 0.15) is 11.2 Å². The summed E-state index contributed by atoms with van der Waals surface area (Å²) >= 11 is 0. The van der Waals surface area contributed by atoms with Crippen LogP contribution < -0.4 is 0 Å². The van der Waals surface area contributed by atoms with Gasteiger partial charge in [-0.15, -0.1) is 0 Å². The molecule has 0 N–H and O–H groups in total. The maximum Gasteiger partial charge on any atom is 0.160 e. The highest BCUT2D eigenvalue weighted by molar-refractivity contribution is 6.24. The Morgan fingerprint density at radius 2 is 0.807 bits per heavy atom. The fraction of sp³-hybridized carbons (Fsp3) is 0. The van der Waals surface area contributed by atoms with Crippen LogP contribution in [0.5, 0.6) is 0 Å². The van der Waals surface area contributed by atoms with E-state index < -0.39 is 0 Å². The van der Waals surface area contributed by atoms with Gasteiger partial charge >= 0.3 is 0 Å². The fourth-order valence-corrected chi connectivity index (χ4v) is 8.02. The van der Waals surface area contributed by atoms with Crippen LogP contribution in [0.15, 0.2) is 205 Å². The van der Waals surface area contributed by atoms with E-state index in [9.17, 15) is 0 Å². The summed E-state index contributed by atoms with van der Waals surface area (Å²) in [6, 6.07) is 69.6. The highest BCUT2D eigenvalue weighted by atomic mass is 16.3. The third-order valence-electron chi connectivity index (χ3n) is 10.9. The molecule has 0 unspecified atom stereocenters. The zero-order valence-electron chi connectivity index (χ0n) is 30.8. The van der Waals surface area contributed by atoms with Gasteiger partial charge in [0.25, 0.3) is 0 Å². The van der Waals surface area contributed by atoms with Crippen LogP contribution in [0.2, 0.25) is 0 Å². The molecule has 0 bridgehead atoms. The van der Waals surface area contributed by atoms with Crippen molar-refractivity contribution in [2.24, 2.45) is 0 Å². The van der Waals surface area contributed by atoms with Crippen LogP contribution in [-0.2, 0) is 0 Å². The molecule has 57 heavy (non-hydrogen) atoms. The SMILES string of the molecule is c1ccc(-c2ccc(-c3cc(-c4ccc(-c5ccccc5)cc4)nc(-c4ccc5oc6c(ccc7c(-c8ccccc8)nc8ccccc8c76)c5c4)n3)cc2)cc1. The number of hydrogen-bond acceptors (Lipinski definition) is 4. The van der Waals surface area contributed by atoms with Crippen molar-refractivity contribution in [2.75, 3.05) is 0 Å². The summed E-state index contributed by atoms with van der Waals surface area (Å²) in [7, 11) is 0. The topological polar surface area (TPSA) is 51.8 Å². The van der Waals surface area contributed by atoms with Crippen LogP contribution >= 0.6 is 0 Å². The number of pyridine rings is 1. The lowest BCUT2D eigenvalue weighted by Gasteiger charge is -2.11. The normalized spacial score (nSPS) is 11.5. The van der Waals surface area contributed by atoms with Crippen molar-refractivity contribution in [2.45, 2.75) is 0 Å². The molecular formula is C53H33N3O. The zero-order valence-corrected chi connectivity index (χ0v) is 30.8. The Morgan fingerprint density at radius 3 is 1.42 bits per heavy atom. The predicted octanol–water partition coefficient (Wildman–Crippen LogP) is 14.1. The number of hydrogen-bond donors (Lipinski definition) is 0. The molecule has 266 valence electrons. The van der Waals surface area contributed by atoms with Crippen LogP contribution in [-0.4, -0.2) is 15.0 Å². The van der Waals surface area contributed by atoms with E-state index in [0.717, 1.165) is 94.1 Å². The monoisotopic (exact) mass is 727 g/mol. The van der Waals surface area contributed by atoms with Crippen LogP contribution in [0.1, 0.15) is 0 Å². The van der Waals surface area contributed by atoms with E-state index in [-0.39, 0.29) is 0 Å². The first-order valence-corrected chi connectivity index (χ1v) is 19.2. The van der Waals surface area contributed by atoms with Gasteiger partial charge in [0.2, 0.25) is 0 Å². The van der Waals surface area contributed by atoms with Crippen LogP contribution in [0.3, 0.4) is 0 Å². The van der Waals surface area contributed by atoms with Gasteiger partial charge in [0.15, 0.2) is 5.82 Å². The molecule has 0 aliphatic carbocycles. The van der Waals surface area contributed by atoms with Crippen molar-refractivity contribution in [3.63, 3.8) is 0 Å². The minimum Gasteiger partial charge on any atom is -0.455 e. The van der Waals surface area contributed by atoms with E-state index in [1.165, 1.54) is 11.1 Å². The summed E-state index contributed by atoms with van der Waals surface area (Å²) < 4.78 is 6.77. The predicted molar refractivity (Wildman–Crippen MR) is 235 cm³/mol. The third kappa shape index (κ3) is 5.83. The lowest BCUT2D eigenvalue weighted by molar-refractivity contribution is 0.673. The highest BCUT2D eigenvalue weighted by Gasteiger charge is 2.19. The summed E-state index contributed by atoms with van der Waals surface area (Å²) in [5, 5.41) is 5.24. The first-order valence-electron chi connectivity index (χ1n) is 19.2. The molecule has 4 heteroatoms. The number of fused-ring (bicyclic) bond motifs is 7. The number of furan rings is 1. The maximum atomic E-state index is 6.77. The Hall–Kier alpha value is -7.69. The molecule has 11 aromatic rings. The second-order valence-electron chi connectivity index (χ2n) is 14.4. The summed E-state index contributed by atoms with van der Waals surface area (Å²) in [6.07, 6.45) is 0. The van der Waals surface area contributed by atoms with Crippen LogP contribution in [0.4, 0.5) is 0 Å². The first-order chi connectivity index (χ1) is 28.2. The number of aromatic nitrogens is 3. The molecule has 0 saturated carbocycles. The molecule has 0 radical (unpaired) electrons. The molecular weight excluding hydrogens is 695 g/mol. The van der Waals surface area contributed by atoms with E-state index in [1.807, 2.05) is 24.3 Å². The third-order valence-corrected chi connectivity index (χ3v) is 10.9. The molecule has 3 heterocycles. The summed E-state index contributed by atoms with van der Waals surface area (Å²) in [5.74, 6) is 0.653. The second kappa shape index (κ2) is 13.6. The highest BCUT2D eigenvalue weighted by Crippen LogP contribution is 2.41. The van der Waals surface area contributed by atoms with Gasteiger partial charge in [0, 0.05) is 49.2 Å². The Kier molecular flexibility index (Phi) is 7.78. The zero-order chi connectivity index (χ0) is 37.7. The number of para-hydroxylation sites is 1. The minimum absolute atomic E-state index is 0.653. The fourth-order valence-electron chi connectivity index (χ4n) is 8.02. The average Bonchev–Trinajstić information content (AvgIpc) is 3.68. The van der Waals surface area contributed by atoms with Crippen LogP contribution in [0.25, 0.3) is 111 Å². The molecule has 0 saturated heterocycles. The lowest BCUT2D eigenvalue weighted by atomic mass is 9.97. The molecule has 0 spiro atoms. The van der Waals surface area contributed by atoms with Gasteiger partial charge in [-0.3, -0.25) is 0 Å². The largest absolute Gasteiger partial charge is 0.455 e. The number of rotatable bonds is 6. The van der Waals surface area contributed by atoms with Crippen molar-refractivity contribution < 1.29 is 4.42 Å². The molecule has 0 atom stereocenters. The van der Waals surface area contributed by atoms with Gasteiger partial charge in [-0.1, -0.05) is 164 Å². The number of nitrogens with zero attached hydrogens (tertiary/aromatic N) is 3. The van der Waals surface area contributed by atoms with Gasteiger partial charge in [-0.25, -0.2) is 15.0 Å². The molecule has 0 aliphatic rings. The van der Waals surface area contributed by atoms with E-state index in [0.29, 0.717) is 5.82 Å². The molecule has 11 rings (SSSR count). The van der Waals surface area contributed by atoms with Crippen LogP contribution in [0, 0.1) is 0 Å². The van der Waals surface area contributed by atoms with Gasteiger partial charge < -0.3 is 4.42 Å². The molecule has 8 aromatic carbocycles. The molecule has 4 nitrogen and oxygen atoms in total. The van der Waals surface area contributed by atoms with Gasteiger partial charge in [-0.2, -0.15) is 0 Å². The van der Waals surface area contributed by atoms with Crippen molar-refractivity contribution in [3.05, 3.63) is 200 Å². The smallest absolute Gasteiger partial charge is 0.160 e. The molecule has 0 fully saturated rings. The Balaban J connectivity index is 1.07. The van der Waals surface area contributed by atoms with Crippen molar-refractivity contribution >= 4 is 43.6 Å². The Morgan fingerprint density at radius 1 is 0.316 bits per heavy atom. The first kappa shape index (κ1) is 32.7. The van der Waals surface area contributed by atoms with E-state index in [2.05, 4.69) is 176 Å². The maximum absolute atomic E-state index is 6.77. The minimum atomic E-state index is 0.653. The van der Waals surface area contributed by atoms with Crippen molar-refractivity contribution in [1.29, 1.82) is 0 Å². The van der Waals surface area contributed by atoms with Crippen molar-refractivity contribution in [1.82, 2.24) is 15.0 Å². The standard InChI is InChI=1S/C53H33N3O/c1-4-12-34(13-5-1)36-20-24-38(25-21-36)47-33-48(39-26-22-37(23-27-39)35-14-6-2-7-15-35)56-53(55-47)41-28-31-49-45(32-41)42-29-30-44-50(52(42)57-49)43-18-10-11-19-46(43)54-51(44)40-16-8-3-9-17-40/h1-33H. The average molecular weight is 728 g/mol. The van der Waals surface area contributed by atoms with E-state index in [1.54, 1.807) is 0 Å². The molecule has 0 aliphatic heterocycles. The van der Waals surface area contributed by atoms with Crippen molar-refractivity contribution in [3.8, 4) is 67.4 Å².